The Kier molecular flexibility index (Phi) is 2.91. The van der Waals surface area contributed by atoms with Crippen LogP contribution in [0.1, 0.15) is 27.9 Å². The molecule has 3 heteroatoms. The molecule has 0 radical (unpaired) electrons. The maximum atomic E-state index is 11.8. The van der Waals surface area contributed by atoms with E-state index >= 15 is 0 Å². The topological polar surface area (TPSA) is 54.4 Å². The number of carbonyl (C=O) groups excluding carboxylic acids is 1. The summed E-state index contributed by atoms with van der Waals surface area (Å²) in [6.07, 6.45) is 4.08. The maximum absolute atomic E-state index is 11.8. The van der Waals surface area contributed by atoms with Gasteiger partial charge in [0.05, 0.1) is 0 Å². The Morgan fingerprint density at radius 2 is 2.12 bits per heavy atom. The third-order valence-corrected chi connectivity index (χ3v) is 2.81. The van der Waals surface area contributed by atoms with Gasteiger partial charge in [0.25, 0.3) is 0 Å². The van der Waals surface area contributed by atoms with Crippen molar-refractivity contribution in [1.82, 2.24) is 0 Å². The molecule has 2 rings (SSSR count). The van der Waals surface area contributed by atoms with Crippen LogP contribution < -0.4 is 0 Å². The number of hydrogen-bond donors (Lipinski definition) is 1. The lowest BCUT2D eigenvalue weighted by Crippen LogP contribution is -2.13. The van der Waals surface area contributed by atoms with Crippen molar-refractivity contribution in [2.75, 3.05) is 0 Å². The van der Waals surface area contributed by atoms with E-state index in [0.717, 1.165) is 23.6 Å². The van der Waals surface area contributed by atoms with Crippen molar-refractivity contribution in [1.29, 1.82) is 0 Å². The largest absolute Gasteiger partial charge is 0.478 e. The highest BCUT2D eigenvalue weighted by Gasteiger charge is 2.19. The summed E-state index contributed by atoms with van der Waals surface area (Å²) in [5.41, 5.74) is 3.10. The van der Waals surface area contributed by atoms with Crippen LogP contribution in [0.3, 0.4) is 0 Å². The second kappa shape index (κ2) is 4.37. The highest BCUT2D eigenvalue weighted by molar-refractivity contribution is 6.10. The molecule has 1 N–H and O–H groups in total. The van der Waals surface area contributed by atoms with Gasteiger partial charge in [0, 0.05) is 11.6 Å². The normalized spacial score (nSPS) is 15.1. The first-order valence-electron chi connectivity index (χ1n) is 5.34. The SMILES string of the molecule is C=C1CCc2cc(/C=C/C(=O)O)ccc2C1=O. The Hall–Kier alpha value is -2.16. The van der Waals surface area contributed by atoms with E-state index in [1.54, 1.807) is 12.1 Å². The molecule has 0 unspecified atom stereocenters. The number of carboxylic acids is 1. The fourth-order valence-corrected chi connectivity index (χ4v) is 1.90. The zero-order valence-corrected chi connectivity index (χ0v) is 9.27. The molecular weight excluding hydrogens is 216 g/mol. The number of aryl methyl sites for hydroxylation is 1. The lowest BCUT2D eigenvalue weighted by atomic mass is 9.87. The molecule has 1 aromatic carbocycles. The third kappa shape index (κ3) is 2.33. The average Bonchev–Trinajstić information content (AvgIpc) is 2.31. The van der Waals surface area contributed by atoms with E-state index in [2.05, 4.69) is 6.58 Å². The summed E-state index contributed by atoms with van der Waals surface area (Å²) in [6.45, 7) is 3.73. The van der Waals surface area contributed by atoms with Gasteiger partial charge in [-0.05, 0) is 35.6 Å². The van der Waals surface area contributed by atoms with Crippen LogP contribution in [-0.4, -0.2) is 16.9 Å². The van der Waals surface area contributed by atoms with Gasteiger partial charge in [0.1, 0.15) is 0 Å². The molecule has 3 nitrogen and oxygen atoms in total. The summed E-state index contributed by atoms with van der Waals surface area (Å²) in [4.78, 5) is 22.2. The molecule has 1 aliphatic rings. The minimum atomic E-state index is -0.979. The fraction of sp³-hybridized carbons (Fsp3) is 0.143. The predicted molar refractivity (Wildman–Crippen MR) is 64.9 cm³/mol. The highest BCUT2D eigenvalue weighted by Crippen LogP contribution is 2.25. The molecule has 0 aliphatic heterocycles. The van der Waals surface area contributed by atoms with E-state index < -0.39 is 5.97 Å². The quantitative estimate of drug-likeness (QED) is 0.791. The lowest BCUT2D eigenvalue weighted by molar-refractivity contribution is -0.131. The number of carbonyl (C=O) groups is 2. The molecule has 0 saturated heterocycles. The summed E-state index contributed by atoms with van der Waals surface area (Å²) >= 11 is 0. The van der Waals surface area contributed by atoms with Crippen molar-refractivity contribution in [2.24, 2.45) is 0 Å². The molecule has 0 fully saturated rings. The van der Waals surface area contributed by atoms with Crippen LogP contribution in [0.15, 0.2) is 36.4 Å². The van der Waals surface area contributed by atoms with Crippen LogP contribution in [0.2, 0.25) is 0 Å². The van der Waals surface area contributed by atoms with Crippen LogP contribution in [-0.2, 0) is 11.2 Å². The van der Waals surface area contributed by atoms with Gasteiger partial charge in [-0.2, -0.15) is 0 Å². The van der Waals surface area contributed by atoms with Gasteiger partial charge in [-0.15, -0.1) is 0 Å². The lowest BCUT2D eigenvalue weighted by Gasteiger charge is -2.16. The Labute approximate surface area is 99.1 Å². The zero-order valence-electron chi connectivity index (χ0n) is 9.27. The van der Waals surface area contributed by atoms with Crippen molar-refractivity contribution in [3.63, 3.8) is 0 Å². The Bertz CT molecular complexity index is 538. The van der Waals surface area contributed by atoms with Crippen LogP contribution >= 0.6 is 0 Å². The first-order valence-corrected chi connectivity index (χ1v) is 5.34. The highest BCUT2D eigenvalue weighted by atomic mass is 16.4. The maximum Gasteiger partial charge on any atom is 0.328 e. The van der Waals surface area contributed by atoms with Crippen LogP contribution in [0.25, 0.3) is 6.08 Å². The predicted octanol–water partition coefficient (Wildman–Crippen LogP) is 2.47. The molecule has 0 amide bonds. The molecule has 1 aliphatic carbocycles. The summed E-state index contributed by atoms with van der Waals surface area (Å²) in [7, 11) is 0. The van der Waals surface area contributed by atoms with E-state index in [1.165, 1.54) is 6.08 Å². The number of aliphatic carboxylic acids is 1. The molecule has 1 aromatic rings. The molecule has 0 atom stereocenters. The molecule has 0 heterocycles. The molecule has 0 bridgehead atoms. The van der Waals surface area contributed by atoms with Gasteiger partial charge < -0.3 is 5.11 Å². The van der Waals surface area contributed by atoms with Gasteiger partial charge >= 0.3 is 5.97 Å². The minimum absolute atomic E-state index is 0.0000131. The molecule has 0 spiro atoms. The number of Topliss-reactive ketones (excluding diaryl/α,β-unsaturated/α-hetero) is 1. The Morgan fingerprint density at radius 1 is 1.35 bits per heavy atom. The van der Waals surface area contributed by atoms with Crippen molar-refractivity contribution >= 4 is 17.8 Å². The number of allylic oxidation sites excluding steroid dienone is 1. The minimum Gasteiger partial charge on any atom is -0.478 e. The van der Waals surface area contributed by atoms with E-state index in [-0.39, 0.29) is 5.78 Å². The molecule has 0 saturated carbocycles. The number of carboxylic acid groups (broad SMARTS) is 1. The number of hydrogen-bond acceptors (Lipinski definition) is 2. The molecule has 17 heavy (non-hydrogen) atoms. The Balaban J connectivity index is 2.35. The van der Waals surface area contributed by atoms with Crippen LogP contribution in [0.5, 0.6) is 0 Å². The summed E-state index contributed by atoms with van der Waals surface area (Å²) in [6, 6.07) is 5.34. The second-order valence-electron chi connectivity index (χ2n) is 4.02. The number of rotatable bonds is 2. The van der Waals surface area contributed by atoms with Gasteiger partial charge in [0.15, 0.2) is 5.78 Å². The van der Waals surface area contributed by atoms with Crippen LogP contribution in [0.4, 0.5) is 0 Å². The van der Waals surface area contributed by atoms with Crippen molar-refractivity contribution in [3.05, 3.63) is 53.1 Å². The summed E-state index contributed by atoms with van der Waals surface area (Å²) in [5, 5.41) is 8.54. The van der Waals surface area contributed by atoms with Crippen molar-refractivity contribution in [2.45, 2.75) is 12.8 Å². The van der Waals surface area contributed by atoms with E-state index in [4.69, 9.17) is 5.11 Å². The molecule has 86 valence electrons. The second-order valence-corrected chi connectivity index (χ2v) is 4.02. The monoisotopic (exact) mass is 228 g/mol. The molecule has 0 aromatic heterocycles. The number of benzene rings is 1. The van der Waals surface area contributed by atoms with Gasteiger partial charge in [0.2, 0.25) is 0 Å². The van der Waals surface area contributed by atoms with Gasteiger partial charge in [-0.25, -0.2) is 4.79 Å². The van der Waals surface area contributed by atoms with E-state index in [9.17, 15) is 9.59 Å². The number of ketones is 1. The average molecular weight is 228 g/mol. The first-order chi connectivity index (χ1) is 8.08. The van der Waals surface area contributed by atoms with E-state index in [1.807, 2.05) is 6.07 Å². The summed E-state index contributed by atoms with van der Waals surface area (Å²) in [5.74, 6) is -0.979. The standard InChI is InChI=1S/C14H12O3/c1-9-2-5-11-8-10(4-7-13(15)16)3-6-12(11)14(9)17/h3-4,6-8H,1-2,5H2,(H,15,16)/b7-4+. The fourth-order valence-electron chi connectivity index (χ4n) is 1.90. The van der Waals surface area contributed by atoms with Crippen molar-refractivity contribution in [3.8, 4) is 0 Å². The first kappa shape index (κ1) is 11.3. The third-order valence-electron chi connectivity index (χ3n) is 2.81. The van der Waals surface area contributed by atoms with Gasteiger partial charge in [-0.3, -0.25) is 4.79 Å². The van der Waals surface area contributed by atoms with Gasteiger partial charge in [-0.1, -0.05) is 24.8 Å². The summed E-state index contributed by atoms with van der Waals surface area (Å²) < 4.78 is 0. The van der Waals surface area contributed by atoms with Crippen molar-refractivity contribution < 1.29 is 14.7 Å². The number of fused-ring (bicyclic) bond motifs is 1. The Morgan fingerprint density at radius 3 is 2.82 bits per heavy atom. The zero-order chi connectivity index (χ0) is 12.4. The molecular formula is C14H12O3. The van der Waals surface area contributed by atoms with E-state index in [0.29, 0.717) is 17.6 Å². The smallest absolute Gasteiger partial charge is 0.328 e. The van der Waals surface area contributed by atoms with Crippen LogP contribution in [0, 0.1) is 0 Å².